The number of carbonyl (C=O) groups excluding carboxylic acids is 2. The van der Waals surface area contributed by atoms with Crippen molar-refractivity contribution >= 4 is 23.2 Å². The lowest BCUT2D eigenvalue weighted by Gasteiger charge is -2.29. The van der Waals surface area contributed by atoms with Crippen molar-refractivity contribution in [2.24, 2.45) is 17.1 Å². The van der Waals surface area contributed by atoms with Crippen LogP contribution in [0.2, 0.25) is 0 Å². The van der Waals surface area contributed by atoms with Gasteiger partial charge in [-0.25, -0.2) is 0 Å². The largest absolute Gasteiger partial charge is 0.369 e. The van der Waals surface area contributed by atoms with E-state index in [1.807, 2.05) is 4.90 Å². The molecule has 1 aromatic heterocycles. The average molecular weight is 397 g/mol. The van der Waals surface area contributed by atoms with Crippen molar-refractivity contribution in [1.29, 1.82) is 0 Å². The van der Waals surface area contributed by atoms with Gasteiger partial charge in [0.2, 0.25) is 11.8 Å². The predicted octanol–water partition coefficient (Wildman–Crippen LogP) is 4.24. The molecule has 0 radical (unpaired) electrons. The summed E-state index contributed by atoms with van der Waals surface area (Å²) < 4.78 is 0. The first-order valence-electron chi connectivity index (χ1n) is 10.3. The lowest BCUT2D eigenvalue weighted by molar-refractivity contribution is -0.136. The first kappa shape index (κ1) is 19.2. The molecule has 0 bridgehead atoms. The second-order valence-electron chi connectivity index (χ2n) is 8.38. The van der Waals surface area contributed by atoms with Crippen LogP contribution in [-0.2, 0) is 16.0 Å². The van der Waals surface area contributed by atoms with E-state index < -0.39 is 5.41 Å². The van der Waals surface area contributed by atoms with E-state index in [-0.39, 0.29) is 17.7 Å². The van der Waals surface area contributed by atoms with Crippen LogP contribution in [-0.4, -0.2) is 29.8 Å². The number of benzene rings is 1. The van der Waals surface area contributed by atoms with Crippen molar-refractivity contribution < 1.29 is 9.59 Å². The topological polar surface area (TPSA) is 63.4 Å². The summed E-state index contributed by atoms with van der Waals surface area (Å²) in [5, 5.41) is 4.20. The SMILES string of the molecule is NC(=O)C1(Cc2ccc(-c3ccsc3)cc2)CCN(C(=O)C2CCCCC2)C1. The molecule has 2 heterocycles. The van der Waals surface area contributed by atoms with Crippen LogP contribution in [0.25, 0.3) is 11.1 Å². The Morgan fingerprint density at radius 2 is 1.82 bits per heavy atom. The van der Waals surface area contributed by atoms with Crippen molar-refractivity contribution in [3.8, 4) is 11.1 Å². The van der Waals surface area contributed by atoms with Gasteiger partial charge in [0.05, 0.1) is 5.41 Å². The Balaban J connectivity index is 1.46. The zero-order valence-corrected chi connectivity index (χ0v) is 17.0. The summed E-state index contributed by atoms with van der Waals surface area (Å²) in [5.41, 5.74) is 8.70. The molecule has 0 spiro atoms. The zero-order chi connectivity index (χ0) is 19.6. The van der Waals surface area contributed by atoms with Crippen LogP contribution in [0.3, 0.4) is 0 Å². The van der Waals surface area contributed by atoms with Crippen molar-refractivity contribution in [2.45, 2.75) is 44.9 Å². The number of carbonyl (C=O) groups is 2. The van der Waals surface area contributed by atoms with Gasteiger partial charge in [0.15, 0.2) is 0 Å². The van der Waals surface area contributed by atoms with Crippen molar-refractivity contribution in [3.05, 3.63) is 46.7 Å². The van der Waals surface area contributed by atoms with Crippen molar-refractivity contribution in [3.63, 3.8) is 0 Å². The lowest BCUT2D eigenvalue weighted by atomic mass is 9.80. The molecule has 1 aromatic carbocycles. The molecule has 1 saturated carbocycles. The number of amides is 2. The zero-order valence-electron chi connectivity index (χ0n) is 16.2. The Kier molecular flexibility index (Phi) is 5.54. The molecule has 2 fully saturated rings. The number of nitrogens with zero attached hydrogens (tertiary/aromatic N) is 1. The van der Waals surface area contributed by atoms with Gasteiger partial charge in [-0.3, -0.25) is 9.59 Å². The Morgan fingerprint density at radius 3 is 2.46 bits per heavy atom. The Hall–Kier alpha value is -2.14. The van der Waals surface area contributed by atoms with E-state index in [2.05, 4.69) is 41.1 Å². The first-order chi connectivity index (χ1) is 13.6. The van der Waals surface area contributed by atoms with Crippen LogP contribution in [0.5, 0.6) is 0 Å². The molecule has 4 nitrogen and oxygen atoms in total. The summed E-state index contributed by atoms with van der Waals surface area (Å²) in [6.45, 7) is 1.11. The molecule has 4 rings (SSSR count). The third kappa shape index (κ3) is 3.86. The molecule has 1 saturated heterocycles. The van der Waals surface area contributed by atoms with Gasteiger partial charge in [-0.1, -0.05) is 43.5 Å². The second kappa shape index (κ2) is 8.08. The predicted molar refractivity (Wildman–Crippen MR) is 113 cm³/mol. The van der Waals surface area contributed by atoms with Gasteiger partial charge in [0, 0.05) is 19.0 Å². The van der Waals surface area contributed by atoms with E-state index in [1.54, 1.807) is 11.3 Å². The Bertz CT molecular complexity index is 825. The molecule has 2 amide bonds. The third-order valence-electron chi connectivity index (χ3n) is 6.49. The molecular formula is C23H28N2O2S. The fourth-order valence-corrected chi connectivity index (χ4v) is 5.40. The van der Waals surface area contributed by atoms with Crippen molar-refractivity contribution in [1.82, 2.24) is 4.90 Å². The normalized spacial score (nSPS) is 23.1. The molecule has 148 valence electrons. The molecule has 1 aliphatic heterocycles. The monoisotopic (exact) mass is 396 g/mol. The number of hydrogen-bond donors (Lipinski definition) is 1. The molecular weight excluding hydrogens is 368 g/mol. The number of primary amides is 1. The fraction of sp³-hybridized carbons (Fsp3) is 0.478. The van der Waals surface area contributed by atoms with Gasteiger partial charge >= 0.3 is 0 Å². The summed E-state index contributed by atoms with van der Waals surface area (Å²) in [7, 11) is 0. The molecule has 28 heavy (non-hydrogen) atoms. The summed E-state index contributed by atoms with van der Waals surface area (Å²) in [4.78, 5) is 27.2. The minimum atomic E-state index is -0.645. The highest BCUT2D eigenvalue weighted by atomic mass is 32.1. The van der Waals surface area contributed by atoms with E-state index in [1.165, 1.54) is 17.5 Å². The Morgan fingerprint density at radius 1 is 1.07 bits per heavy atom. The van der Waals surface area contributed by atoms with Crippen LogP contribution >= 0.6 is 11.3 Å². The van der Waals surface area contributed by atoms with E-state index in [9.17, 15) is 9.59 Å². The van der Waals surface area contributed by atoms with Gasteiger partial charge in [0.1, 0.15) is 0 Å². The number of likely N-dealkylation sites (tertiary alicyclic amines) is 1. The van der Waals surface area contributed by atoms with Crippen LogP contribution in [0, 0.1) is 11.3 Å². The first-order valence-corrected chi connectivity index (χ1v) is 11.2. The van der Waals surface area contributed by atoms with Crippen LogP contribution in [0.1, 0.15) is 44.1 Å². The minimum absolute atomic E-state index is 0.141. The lowest BCUT2D eigenvalue weighted by Crippen LogP contribution is -2.43. The van der Waals surface area contributed by atoms with Crippen LogP contribution in [0.15, 0.2) is 41.1 Å². The maximum Gasteiger partial charge on any atom is 0.225 e. The highest BCUT2D eigenvalue weighted by molar-refractivity contribution is 7.08. The smallest absolute Gasteiger partial charge is 0.225 e. The quantitative estimate of drug-likeness (QED) is 0.821. The average Bonchev–Trinajstić information content (AvgIpc) is 3.40. The number of nitrogens with two attached hydrogens (primary N) is 1. The molecule has 1 unspecified atom stereocenters. The molecule has 2 aromatic rings. The standard InChI is InChI=1S/C23H28N2O2S/c24-22(27)23(11-12-25(16-23)21(26)19-4-2-1-3-5-19)14-17-6-8-18(9-7-17)20-10-13-28-15-20/h6-10,13,15,19H,1-5,11-12,14,16H2,(H2,24,27). The van der Waals surface area contributed by atoms with Gasteiger partial charge in [-0.15, -0.1) is 0 Å². The molecule has 1 atom stereocenters. The van der Waals surface area contributed by atoms with E-state index in [0.29, 0.717) is 25.9 Å². The highest BCUT2D eigenvalue weighted by Gasteiger charge is 2.45. The molecule has 2 aliphatic rings. The summed E-state index contributed by atoms with van der Waals surface area (Å²) in [6, 6.07) is 10.5. The Labute approximate surface area is 170 Å². The summed E-state index contributed by atoms with van der Waals surface area (Å²) in [6.07, 6.45) is 6.75. The van der Waals surface area contributed by atoms with Gasteiger partial charge in [0.25, 0.3) is 0 Å². The van der Waals surface area contributed by atoms with Gasteiger partial charge < -0.3 is 10.6 Å². The summed E-state index contributed by atoms with van der Waals surface area (Å²) in [5.74, 6) is 0.0892. The minimum Gasteiger partial charge on any atom is -0.369 e. The second-order valence-corrected chi connectivity index (χ2v) is 9.16. The molecule has 2 N–H and O–H groups in total. The third-order valence-corrected chi connectivity index (χ3v) is 7.18. The van der Waals surface area contributed by atoms with E-state index >= 15 is 0 Å². The highest BCUT2D eigenvalue weighted by Crippen LogP contribution is 2.37. The number of thiophene rings is 1. The molecule has 1 aliphatic carbocycles. The van der Waals surface area contributed by atoms with E-state index in [0.717, 1.165) is 31.2 Å². The summed E-state index contributed by atoms with van der Waals surface area (Å²) >= 11 is 1.68. The van der Waals surface area contributed by atoms with E-state index in [4.69, 9.17) is 5.73 Å². The van der Waals surface area contributed by atoms with Gasteiger partial charge in [-0.05, 0) is 59.2 Å². The number of rotatable bonds is 5. The van der Waals surface area contributed by atoms with Crippen LogP contribution in [0.4, 0.5) is 0 Å². The molecule has 5 heteroatoms. The maximum atomic E-state index is 12.9. The fourth-order valence-electron chi connectivity index (χ4n) is 4.74. The van der Waals surface area contributed by atoms with Crippen molar-refractivity contribution in [2.75, 3.05) is 13.1 Å². The maximum absolute atomic E-state index is 12.9. The van der Waals surface area contributed by atoms with Crippen LogP contribution < -0.4 is 5.73 Å². The van der Waals surface area contributed by atoms with Gasteiger partial charge in [-0.2, -0.15) is 11.3 Å². The number of hydrogen-bond acceptors (Lipinski definition) is 3.